The molecule has 0 aliphatic heterocycles. The van der Waals surface area contributed by atoms with Gasteiger partial charge in [0.25, 0.3) is 0 Å². The van der Waals surface area contributed by atoms with Crippen LogP contribution in [0.3, 0.4) is 0 Å². The molecule has 1 amide bonds. The molecule has 0 aliphatic rings. The van der Waals surface area contributed by atoms with Gasteiger partial charge in [-0.1, -0.05) is 81.8 Å². The largest absolute Gasteiger partial charge is 0.478 e. The number of hydrogen-bond acceptors (Lipinski definition) is 4. The maximum Gasteiger partial charge on any atom is 0.241 e. The highest BCUT2D eigenvalue weighted by molar-refractivity contribution is 5.95. The summed E-state index contributed by atoms with van der Waals surface area (Å²) in [4.78, 5) is 21.9. The number of unbranched alkanes of at least 4 members (excludes halogenated alkanes) is 1. The van der Waals surface area contributed by atoms with E-state index >= 15 is 0 Å². The lowest BCUT2D eigenvalue weighted by Gasteiger charge is -2.27. The summed E-state index contributed by atoms with van der Waals surface area (Å²) in [5.41, 5.74) is 4.14. The molecule has 5 nitrogen and oxygen atoms in total. The van der Waals surface area contributed by atoms with E-state index in [1.807, 2.05) is 47.4 Å². The van der Waals surface area contributed by atoms with Gasteiger partial charge < -0.3 is 9.64 Å². The molecule has 0 radical (unpaired) electrons. The summed E-state index contributed by atoms with van der Waals surface area (Å²) in [5, 5.41) is 0. The predicted octanol–water partition coefficient (Wildman–Crippen LogP) is 5.80. The van der Waals surface area contributed by atoms with Crippen LogP contribution in [0.15, 0.2) is 72.9 Å². The minimum absolute atomic E-state index is 0.0583. The zero-order valence-electron chi connectivity index (χ0n) is 20.0. The molecular formula is C28H35N3O2. The van der Waals surface area contributed by atoms with Crippen LogP contribution in [0.4, 0.5) is 5.69 Å². The Labute approximate surface area is 198 Å². The van der Waals surface area contributed by atoms with Gasteiger partial charge in [-0.25, -0.2) is 4.98 Å². The van der Waals surface area contributed by atoms with Crippen molar-refractivity contribution in [3.63, 3.8) is 0 Å². The third-order valence-corrected chi connectivity index (χ3v) is 5.77. The van der Waals surface area contributed by atoms with Crippen molar-refractivity contribution >= 4 is 11.6 Å². The summed E-state index contributed by atoms with van der Waals surface area (Å²) < 4.78 is 5.71. The SMILES string of the molecule is CCCCOc1ccc(N(Cc2ccccc2-c2ccccc2)C(=O)CN(CC)CC)cn1. The molecule has 3 rings (SSSR count). The summed E-state index contributed by atoms with van der Waals surface area (Å²) in [6.45, 7) is 9.45. The maximum atomic E-state index is 13.4. The number of benzene rings is 2. The number of carbonyl (C=O) groups excluding carboxylic acids is 1. The van der Waals surface area contributed by atoms with Crippen LogP contribution in [0.5, 0.6) is 5.88 Å². The zero-order chi connectivity index (χ0) is 23.5. The number of anilines is 1. The molecule has 33 heavy (non-hydrogen) atoms. The van der Waals surface area contributed by atoms with Gasteiger partial charge in [0.05, 0.1) is 31.6 Å². The van der Waals surface area contributed by atoms with Crippen LogP contribution in [0.2, 0.25) is 0 Å². The fourth-order valence-corrected chi connectivity index (χ4v) is 3.71. The number of carbonyl (C=O) groups is 1. The minimum atomic E-state index is 0.0583. The second kappa shape index (κ2) is 12.8. The molecule has 0 saturated carbocycles. The van der Waals surface area contributed by atoms with E-state index in [1.165, 1.54) is 0 Å². The van der Waals surface area contributed by atoms with Gasteiger partial charge >= 0.3 is 0 Å². The number of aromatic nitrogens is 1. The van der Waals surface area contributed by atoms with E-state index in [0.717, 1.165) is 48.3 Å². The quantitative estimate of drug-likeness (QED) is 0.330. The van der Waals surface area contributed by atoms with Crippen LogP contribution < -0.4 is 9.64 Å². The molecule has 0 atom stereocenters. The van der Waals surface area contributed by atoms with Crippen molar-refractivity contribution in [2.24, 2.45) is 0 Å². The lowest BCUT2D eigenvalue weighted by molar-refractivity contribution is -0.119. The minimum Gasteiger partial charge on any atom is -0.478 e. The van der Waals surface area contributed by atoms with Crippen LogP contribution in [-0.2, 0) is 11.3 Å². The summed E-state index contributed by atoms with van der Waals surface area (Å²) in [7, 11) is 0. The van der Waals surface area contributed by atoms with Crippen molar-refractivity contribution in [3.05, 3.63) is 78.5 Å². The van der Waals surface area contributed by atoms with Crippen molar-refractivity contribution in [3.8, 4) is 17.0 Å². The molecule has 0 bridgehead atoms. The Morgan fingerprint density at radius 3 is 2.30 bits per heavy atom. The molecule has 0 saturated heterocycles. The molecular weight excluding hydrogens is 410 g/mol. The number of pyridine rings is 1. The fourth-order valence-electron chi connectivity index (χ4n) is 3.71. The van der Waals surface area contributed by atoms with Crippen LogP contribution >= 0.6 is 0 Å². The van der Waals surface area contributed by atoms with E-state index in [1.54, 1.807) is 6.20 Å². The molecule has 0 fully saturated rings. The van der Waals surface area contributed by atoms with E-state index in [2.05, 4.69) is 54.9 Å². The van der Waals surface area contributed by atoms with Crippen molar-refractivity contribution in [1.82, 2.24) is 9.88 Å². The van der Waals surface area contributed by atoms with Gasteiger partial charge in [-0.3, -0.25) is 9.69 Å². The number of rotatable bonds is 12. The number of ether oxygens (including phenoxy) is 1. The molecule has 0 unspecified atom stereocenters. The zero-order valence-corrected chi connectivity index (χ0v) is 20.0. The lowest BCUT2D eigenvalue weighted by Crippen LogP contribution is -2.40. The van der Waals surface area contributed by atoms with Crippen molar-refractivity contribution in [2.45, 2.75) is 40.2 Å². The first-order valence-electron chi connectivity index (χ1n) is 11.9. The van der Waals surface area contributed by atoms with Crippen LogP contribution in [-0.4, -0.2) is 42.0 Å². The third-order valence-electron chi connectivity index (χ3n) is 5.77. The smallest absolute Gasteiger partial charge is 0.241 e. The second-order valence-corrected chi connectivity index (χ2v) is 8.02. The van der Waals surface area contributed by atoms with Crippen molar-refractivity contribution in [1.29, 1.82) is 0 Å². The second-order valence-electron chi connectivity index (χ2n) is 8.02. The molecule has 2 aromatic carbocycles. The lowest BCUT2D eigenvalue weighted by atomic mass is 9.99. The first kappa shape index (κ1) is 24.5. The van der Waals surface area contributed by atoms with Gasteiger partial charge in [0, 0.05) is 6.07 Å². The Hall–Kier alpha value is -3.18. The Morgan fingerprint density at radius 1 is 0.909 bits per heavy atom. The normalized spacial score (nSPS) is 10.9. The van der Waals surface area contributed by atoms with E-state index < -0.39 is 0 Å². The molecule has 174 valence electrons. The molecule has 0 aliphatic carbocycles. The first-order valence-corrected chi connectivity index (χ1v) is 11.9. The molecule has 1 heterocycles. The van der Waals surface area contributed by atoms with Gasteiger partial charge in [-0.15, -0.1) is 0 Å². The van der Waals surface area contributed by atoms with Crippen molar-refractivity contribution in [2.75, 3.05) is 31.1 Å². The average Bonchev–Trinajstić information content (AvgIpc) is 2.87. The predicted molar refractivity (Wildman–Crippen MR) is 135 cm³/mol. The molecule has 0 N–H and O–H groups in total. The van der Waals surface area contributed by atoms with Gasteiger partial charge in [-0.2, -0.15) is 0 Å². The Morgan fingerprint density at radius 2 is 1.64 bits per heavy atom. The number of nitrogens with zero attached hydrogens (tertiary/aromatic N) is 3. The van der Waals surface area contributed by atoms with E-state index in [4.69, 9.17) is 4.74 Å². The standard InChI is InChI=1S/C28H35N3O2/c1-4-7-19-33-27-18-17-25(20-29-27)31(28(32)22-30(5-2)6-3)21-24-15-11-12-16-26(24)23-13-9-8-10-14-23/h8-18,20H,4-7,19,21-22H2,1-3H3. The van der Waals surface area contributed by atoms with Crippen LogP contribution in [0, 0.1) is 0 Å². The number of likely N-dealkylation sites (N-methyl/N-ethyl adjacent to an activating group) is 1. The Kier molecular flexibility index (Phi) is 9.45. The summed E-state index contributed by atoms with van der Waals surface area (Å²) in [5.74, 6) is 0.649. The summed E-state index contributed by atoms with van der Waals surface area (Å²) in [6.07, 6.45) is 3.81. The van der Waals surface area contributed by atoms with Gasteiger partial charge in [0.15, 0.2) is 0 Å². The molecule has 1 aromatic heterocycles. The summed E-state index contributed by atoms with van der Waals surface area (Å²) >= 11 is 0. The average molecular weight is 446 g/mol. The van der Waals surface area contributed by atoms with Crippen LogP contribution in [0.25, 0.3) is 11.1 Å². The monoisotopic (exact) mass is 445 g/mol. The first-order chi connectivity index (χ1) is 16.2. The highest BCUT2D eigenvalue weighted by Crippen LogP contribution is 2.27. The molecule has 5 heteroatoms. The topological polar surface area (TPSA) is 45.7 Å². The maximum absolute atomic E-state index is 13.4. The van der Waals surface area contributed by atoms with E-state index in [-0.39, 0.29) is 5.91 Å². The number of hydrogen-bond donors (Lipinski definition) is 0. The molecule has 0 spiro atoms. The van der Waals surface area contributed by atoms with Crippen LogP contribution in [0.1, 0.15) is 39.2 Å². The highest BCUT2D eigenvalue weighted by atomic mass is 16.5. The number of amides is 1. The van der Waals surface area contributed by atoms with Gasteiger partial charge in [0.1, 0.15) is 0 Å². The highest BCUT2D eigenvalue weighted by Gasteiger charge is 2.20. The van der Waals surface area contributed by atoms with E-state index in [9.17, 15) is 4.79 Å². The van der Waals surface area contributed by atoms with Gasteiger partial charge in [0.2, 0.25) is 11.8 Å². The Bertz CT molecular complexity index is 986. The van der Waals surface area contributed by atoms with Gasteiger partial charge in [-0.05, 0) is 42.3 Å². The third kappa shape index (κ3) is 6.90. The van der Waals surface area contributed by atoms with Crippen molar-refractivity contribution < 1.29 is 9.53 Å². The summed E-state index contributed by atoms with van der Waals surface area (Å²) in [6, 6.07) is 22.3. The van der Waals surface area contributed by atoms with E-state index in [0.29, 0.717) is 25.6 Å². The molecule has 3 aromatic rings. The Balaban J connectivity index is 1.89. The fraction of sp³-hybridized carbons (Fsp3) is 0.357.